The van der Waals surface area contributed by atoms with Crippen molar-refractivity contribution in [1.29, 1.82) is 0 Å². The highest BCUT2D eigenvalue weighted by atomic mass is 32.1. The van der Waals surface area contributed by atoms with Crippen LogP contribution in [-0.4, -0.2) is 30.3 Å². The molecule has 1 aliphatic carbocycles. The van der Waals surface area contributed by atoms with Crippen molar-refractivity contribution in [1.82, 2.24) is 10.6 Å². The minimum Gasteiger partial charge on any atom is -0.351 e. The van der Waals surface area contributed by atoms with Crippen LogP contribution in [0.1, 0.15) is 58.9 Å². The number of benzene rings is 2. The largest absolute Gasteiger partial charge is 0.351 e. The van der Waals surface area contributed by atoms with Crippen molar-refractivity contribution in [3.05, 3.63) is 88.1 Å². The summed E-state index contributed by atoms with van der Waals surface area (Å²) in [7, 11) is 0. The molecule has 0 radical (unpaired) electrons. The molecule has 1 heterocycles. The van der Waals surface area contributed by atoms with Gasteiger partial charge in [0.25, 0.3) is 5.91 Å². The molecule has 35 heavy (non-hydrogen) atoms. The Morgan fingerprint density at radius 2 is 1.66 bits per heavy atom. The van der Waals surface area contributed by atoms with E-state index in [-0.39, 0.29) is 30.3 Å². The van der Waals surface area contributed by atoms with E-state index in [0.29, 0.717) is 10.6 Å². The number of nitrogens with zero attached hydrogens (tertiary/aromatic N) is 1. The molecule has 0 bridgehead atoms. The van der Waals surface area contributed by atoms with Crippen LogP contribution in [0.3, 0.4) is 0 Å². The molecular weight excluding hydrogens is 458 g/mol. The lowest BCUT2D eigenvalue weighted by Gasteiger charge is -2.34. The molecule has 3 aromatic rings. The van der Waals surface area contributed by atoms with Gasteiger partial charge in [-0.1, -0.05) is 73.9 Å². The normalized spacial score (nSPS) is 14.7. The van der Waals surface area contributed by atoms with Crippen LogP contribution in [0.15, 0.2) is 72.1 Å². The van der Waals surface area contributed by atoms with E-state index in [4.69, 9.17) is 0 Å². The third kappa shape index (κ3) is 6.17. The summed E-state index contributed by atoms with van der Waals surface area (Å²) in [5.41, 5.74) is 2.24. The van der Waals surface area contributed by atoms with Crippen LogP contribution in [0.4, 0.5) is 5.69 Å². The Morgan fingerprint density at radius 1 is 0.943 bits per heavy atom. The summed E-state index contributed by atoms with van der Waals surface area (Å²) in [4.78, 5) is 42.1. The highest BCUT2D eigenvalue weighted by molar-refractivity contribution is 7.12. The summed E-state index contributed by atoms with van der Waals surface area (Å²) < 4.78 is 0. The van der Waals surface area contributed by atoms with Crippen LogP contribution >= 0.6 is 11.3 Å². The fraction of sp³-hybridized carbons (Fsp3) is 0.321. The molecule has 1 aromatic heterocycles. The smallest absolute Gasteiger partial charge is 0.261 e. The summed E-state index contributed by atoms with van der Waals surface area (Å²) >= 11 is 1.32. The molecule has 0 saturated heterocycles. The summed E-state index contributed by atoms with van der Waals surface area (Å²) in [5.74, 6) is -0.859. The first kappa shape index (κ1) is 24.7. The van der Waals surface area contributed by atoms with Gasteiger partial charge >= 0.3 is 0 Å². The van der Waals surface area contributed by atoms with E-state index in [1.165, 1.54) is 22.7 Å². The molecule has 2 aromatic carbocycles. The van der Waals surface area contributed by atoms with E-state index in [2.05, 4.69) is 10.6 Å². The van der Waals surface area contributed by atoms with Gasteiger partial charge in [-0.3, -0.25) is 19.3 Å². The quantitative estimate of drug-likeness (QED) is 0.467. The Labute approximate surface area is 210 Å². The average molecular weight is 490 g/mol. The molecule has 0 aliphatic heterocycles. The van der Waals surface area contributed by atoms with E-state index >= 15 is 0 Å². The number of thiophene rings is 1. The minimum absolute atomic E-state index is 0.106. The minimum atomic E-state index is -0.856. The monoisotopic (exact) mass is 489 g/mol. The number of carbonyl (C=O) groups is 3. The van der Waals surface area contributed by atoms with Crippen LogP contribution in [0.25, 0.3) is 0 Å². The maximum Gasteiger partial charge on any atom is 0.261 e. The second-order valence-electron chi connectivity index (χ2n) is 8.87. The number of anilines is 1. The lowest BCUT2D eigenvalue weighted by atomic mass is 9.94. The topological polar surface area (TPSA) is 78.5 Å². The first-order valence-corrected chi connectivity index (χ1v) is 13.0. The number of rotatable bonds is 8. The Balaban J connectivity index is 1.67. The molecule has 1 aliphatic rings. The molecule has 4 rings (SSSR count). The van der Waals surface area contributed by atoms with Gasteiger partial charge in [0.15, 0.2) is 0 Å². The number of carbonyl (C=O) groups excluding carboxylic acids is 3. The molecule has 1 saturated carbocycles. The van der Waals surface area contributed by atoms with Crippen molar-refractivity contribution in [2.45, 2.75) is 51.1 Å². The van der Waals surface area contributed by atoms with E-state index in [1.807, 2.05) is 66.9 Å². The number of amides is 3. The van der Waals surface area contributed by atoms with Crippen LogP contribution < -0.4 is 15.5 Å². The summed E-state index contributed by atoms with van der Waals surface area (Å²) in [6.07, 6.45) is 5.27. The predicted octanol–water partition coefficient (Wildman–Crippen LogP) is 5.01. The van der Waals surface area contributed by atoms with Crippen molar-refractivity contribution in [3.8, 4) is 0 Å². The Morgan fingerprint density at radius 3 is 2.34 bits per heavy atom. The van der Waals surface area contributed by atoms with Gasteiger partial charge in [-0.15, -0.1) is 11.3 Å². The Hall–Kier alpha value is -3.45. The Kier molecular flexibility index (Phi) is 8.32. The summed E-state index contributed by atoms with van der Waals surface area (Å²) in [6, 6.07) is 19.6. The predicted molar refractivity (Wildman–Crippen MR) is 140 cm³/mol. The van der Waals surface area contributed by atoms with Gasteiger partial charge in [0.05, 0.1) is 11.4 Å². The van der Waals surface area contributed by atoms with Crippen molar-refractivity contribution >= 4 is 34.7 Å². The molecule has 0 unspecified atom stereocenters. The number of hydrogen-bond acceptors (Lipinski definition) is 4. The summed E-state index contributed by atoms with van der Waals surface area (Å²) in [5, 5.41) is 7.76. The van der Waals surface area contributed by atoms with Crippen molar-refractivity contribution < 1.29 is 14.4 Å². The second kappa shape index (κ2) is 11.8. The van der Waals surface area contributed by atoms with Crippen LogP contribution in [0, 0.1) is 6.92 Å². The van der Waals surface area contributed by atoms with Gasteiger partial charge in [-0.25, -0.2) is 0 Å². The first-order valence-electron chi connectivity index (χ1n) is 12.1. The lowest BCUT2D eigenvalue weighted by molar-refractivity contribution is -0.127. The zero-order chi connectivity index (χ0) is 24.6. The summed E-state index contributed by atoms with van der Waals surface area (Å²) in [6.45, 7) is 1.70. The molecule has 1 fully saturated rings. The van der Waals surface area contributed by atoms with E-state index < -0.39 is 6.04 Å². The van der Waals surface area contributed by atoms with Gasteiger partial charge in [-0.2, -0.15) is 0 Å². The fourth-order valence-electron chi connectivity index (χ4n) is 4.57. The molecule has 6 nitrogen and oxygen atoms in total. The molecular formula is C28H31N3O3S. The van der Waals surface area contributed by atoms with Gasteiger partial charge in [0.1, 0.15) is 6.04 Å². The van der Waals surface area contributed by atoms with Gasteiger partial charge in [-0.05, 0) is 48.4 Å². The fourth-order valence-corrected chi connectivity index (χ4v) is 5.21. The molecule has 2 N–H and O–H groups in total. The van der Waals surface area contributed by atoms with Gasteiger partial charge < -0.3 is 10.6 Å². The van der Waals surface area contributed by atoms with Gasteiger partial charge in [0.2, 0.25) is 11.8 Å². The van der Waals surface area contributed by atoms with E-state index in [0.717, 1.165) is 36.8 Å². The zero-order valence-electron chi connectivity index (χ0n) is 19.9. The third-order valence-electron chi connectivity index (χ3n) is 6.36. The standard InChI is InChI=1S/C28H31N3O3S/c1-20-11-8-9-16-23(20)31(25(32)19-29-27(33)24-17-10-18-35-24)26(21-12-4-2-5-13-21)28(34)30-22-14-6-3-7-15-22/h2,4-5,8-13,16-18,22,26H,3,6-7,14-15,19H2,1H3,(H,29,33)(H,30,34)/t26-/m0/s1. The average Bonchev–Trinajstić information content (AvgIpc) is 3.42. The molecule has 3 amide bonds. The molecule has 182 valence electrons. The lowest BCUT2D eigenvalue weighted by Crippen LogP contribution is -2.49. The number of nitrogens with one attached hydrogen (secondary N) is 2. The first-order chi connectivity index (χ1) is 17.0. The maximum atomic E-state index is 13.8. The Bertz CT molecular complexity index is 1140. The highest BCUT2D eigenvalue weighted by Crippen LogP contribution is 2.31. The molecule has 7 heteroatoms. The number of hydrogen-bond donors (Lipinski definition) is 2. The molecule has 1 atom stereocenters. The SMILES string of the molecule is Cc1ccccc1N(C(=O)CNC(=O)c1cccs1)[C@H](C(=O)NC1CCCCC1)c1ccccc1. The van der Waals surface area contributed by atoms with E-state index in [9.17, 15) is 14.4 Å². The van der Waals surface area contributed by atoms with Crippen LogP contribution in [0.2, 0.25) is 0 Å². The van der Waals surface area contributed by atoms with Gasteiger partial charge in [0, 0.05) is 11.7 Å². The van der Waals surface area contributed by atoms with Crippen molar-refractivity contribution in [3.63, 3.8) is 0 Å². The third-order valence-corrected chi connectivity index (χ3v) is 7.23. The number of para-hydroxylation sites is 1. The van der Waals surface area contributed by atoms with Crippen molar-refractivity contribution in [2.75, 3.05) is 11.4 Å². The van der Waals surface area contributed by atoms with E-state index in [1.54, 1.807) is 12.1 Å². The maximum absolute atomic E-state index is 13.8. The second-order valence-corrected chi connectivity index (χ2v) is 9.81. The molecule has 0 spiro atoms. The van der Waals surface area contributed by atoms with Crippen LogP contribution in [0.5, 0.6) is 0 Å². The van der Waals surface area contributed by atoms with Crippen molar-refractivity contribution in [2.24, 2.45) is 0 Å². The highest BCUT2D eigenvalue weighted by Gasteiger charge is 2.34. The number of aryl methyl sites for hydroxylation is 1. The van der Waals surface area contributed by atoms with Crippen LogP contribution in [-0.2, 0) is 9.59 Å². The zero-order valence-corrected chi connectivity index (χ0v) is 20.7.